The van der Waals surface area contributed by atoms with E-state index in [1.807, 2.05) is 12.1 Å². The van der Waals surface area contributed by atoms with Crippen LogP contribution in [-0.4, -0.2) is 6.54 Å². The minimum absolute atomic E-state index is 0.175. The van der Waals surface area contributed by atoms with Gasteiger partial charge in [-0.15, -0.1) is 0 Å². The van der Waals surface area contributed by atoms with Gasteiger partial charge in [0.25, 0.3) is 0 Å². The molecule has 2 heteroatoms. The fourth-order valence-electron chi connectivity index (χ4n) is 3.00. The first-order valence-electron chi connectivity index (χ1n) is 8.51. The summed E-state index contributed by atoms with van der Waals surface area (Å²) in [6.45, 7) is 9.77. The fourth-order valence-corrected chi connectivity index (χ4v) is 3.00. The van der Waals surface area contributed by atoms with Crippen molar-refractivity contribution < 1.29 is 4.39 Å². The molecule has 0 fully saturated rings. The molecule has 0 saturated carbocycles. The van der Waals surface area contributed by atoms with Crippen molar-refractivity contribution in [2.24, 2.45) is 5.92 Å². The highest BCUT2D eigenvalue weighted by Gasteiger charge is 2.16. The van der Waals surface area contributed by atoms with Crippen molar-refractivity contribution in [3.63, 3.8) is 0 Å². The highest BCUT2D eigenvalue weighted by atomic mass is 19.1. The molecule has 2 atom stereocenters. The van der Waals surface area contributed by atoms with Gasteiger partial charge in [-0.05, 0) is 54.0 Å². The molecule has 0 heterocycles. The van der Waals surface area contributed by atoms with Gasteiger partial charge in [-0.1, -0.05) is 57.2 Å². The van der Waals surface area contributed by atoms with Crippen LogP contribution in [0, 0.1) is 18.7 Å². The van der Waals surface area contributed by atoms with Crippen LogP contribution in [0.2, 0.25) is 0 Å². The lowest BCUT2D eigenvalue weighted by Gasteiger charge is -2.25. The Morgan fingerprint density at radius 1 is 0.957 bits per heavy atom. The van der Waals surface area contributed by atoms with Gasteiger partial charge in [0.05, 0.1) is 0 Å². The van der Waals surface area contributed by atoms with Gasteiger partial charge in [0.15, 0.2) is 0 Å². The van der Waals surface area contributed by atoms with Crippen molar-refractivity contribution >= 4 is 0 Å². The Balaban J connectivity index is 2.06. The number of aryl methyl sites for hydroxylation is 1. The summed E-state index contributed by atoms with van der Waals surface area (Å²) >= 11 is 0. The number of hydrogen-bond acceptors (Lipinski definition) is 1. The highest BCUT2D eigenvalue weighted by molar-refractivity contribution is 5.29. The second kappa shape index (κ2) is 8.26. The van der Waals surface area contributed by atoms with E-state index < -0.39 is 0 Å². The third-order valence-corrected chi connectivity index (χ3v) is 4.38. The standard InChI is InChI=1S/C21H28FN/c1-15(2)13-21(20-8-6-5-7-16(20)3)23-14-17(4)18-9-11-19(22)12-10-18/h5-12,15,17,21,23H,13-14H2,1-4H3. The van der Waals surface area contributed by atoms with Crippen molar-refractivity contribution in [1.29, 1.82) is 0 Å². The van der Waals surface area contributed by atoms with E-state index in [1.165, 1.54) is 16.7 Å². The molecule has 2 aromatic carbocycles. The van der Waals surface area contributed by atoms with Crippen LogP contribution < -0.4 is 5.32 Å². The monoisotopic (exact) mass is 313 g/mol. The van der Waals surface area contributed by atoms with Gasteiger partial charge in [-0.25, -0.2) is 4.39 Å². The molecule has 23 heavy (non-hydrogen) atoms. The van der Waals surface area contributed by atoms with E-state index in [4.69, 9.17) is 0 Å². The molecule has 0 aliphatic rings. The van der Waals surface area contributed by atoms with E-state index in [1.54, 1.807) is 12.1 Å². The summed E-state index contributed by atoms with van der Waals surface area (Å²) in [5.74, 6) is 0.814. The van der Waals surface area contributed by atoms with Crippen LogP contribution in [-0.2, 0) is 0 Å². The smallest absolute Gasteiger partial charge is 0.123 e. The third kappa shape index (κ3) is 5.18. The second-order valence-corrected chi connectivity index (χ2v) is 6.90. The molecule has 2 rings (SSSR count). The molecule has 1 nitrogen and oxygen atoms in total. The van der Waals surface area contributed by atoms with Crippen LogP contribution in [0.25, 0.3) is 0 Å². The lowest BCUT2D eigenvalue weighted by Crippen LogP contribution is -2.27. The van der Waals surface area contributed by atoms with Crippen molar-refractivity contribution in [3.8, 4) is 0 Å². The average Bonchev–Trinajstić information content (AvgIpc) is 2.52. The van der Waals surface area contributed by atoms with Crippen molar-refractivity contribution in [1.82, 2.24) is 5.32 Å². The van der Waals surface area contributed by atoms with Gasteiger partial charge in [0, 0.05) is 12.6 Å². The van der Waals surface area contributed by atoms with Gasteiger partial charge >= 0.3 is 0 Å². The summed E-state index contributed by atoms with van der Waals surface area (Å²) in [6, 6.07) is 15.8. The SMILES string of the molecule is Cc1ccccc1C(CC(C)C)NCC(C)c1ccc(F)cc1. The van der Waals surface area contributed by atoms with E-state index in [9.17, 15) is 4.39 Å². The maximum Gasteiger partial charge on any atom is 0.123 e. The topological polar surface area (TPSA) is 12.0 Å². The molecule has 1 N–H and O–H groups in total. The van der Waals surface area contributed by atoms with E-state index >= 15 is 0 Å². The lowest BCUT2D eigenvalue weighted by molar-refractivity contribution is 0.419. The Kier molecular flexibility index (Phi) is 6.35. The molecular weight excluding hydrogens is 285 g/mol. The molecule has 0 bridgehead atoms. The minimum Gasteiger partial charge on any atom is -0.309 e. The van der Waals surface area contributed by atoms with Crippen molar-refractivity contribution in [2.45, 2.75) is 46.1 Å². The van der Waals surface area contributed by atoms with Crippen LogP contribution in [0.5, 0.6) is 0 Å². The van der Waals surface area contributed by atoms with E-state index in [2.05, 4.69) is 57.3 Å². The van der Waals surface area contributed by atoms with Crippen molar-refractivity contribution in [2.75, 3.05) is 6.54 Å². The predicted molar refractivity (Wildman–Crippen MR) is 96.2 cm³/mol. The zero-order valence-electron chi connectivity index (χ0n) is 14.6. The highest BCUT2D eigenvalue weighted by Crippen LogP contribution is 2.25. The molecule has 124 valence electrons. The zero-order chi connectivity index (χ0) is 16.8. The average molecular weight is 313 g/mol. The van der Waals surface area contributed by atoms with E-state index in [0.717, 1.165) is 13.0 Å². The van der Waals surface area contributed by atoms with Crippen LogP contribution in [0.15, 0.2) is 48.5 Å². The second-order valence-electron chi connectivity index (χ2n) is 6.90. The molecule has 0 radical (unpaired) electrons. The molecule has 0 aliphatic heterocycles. The Labute approximate surface area is 139 Å². The first-order chi connectivity index (χ1) is 11.0. The summed E-state index contributed by atoms with van der Waals surface area (Å²) < 4.78 is 13.1. The molecule has 2 unspecified atom stereocenters. The van der Waals surface area contributed by atoms with E-state index in [-0.39, 0.29) is 5.82 Å². The maximum atomic E-state index is 13.1. The summed E-state index contributed by atoms with van der Waals surface area (Å²) in [5, 5.41) is 3.73. The molecular formula is C21H28FN. The van der Waals surface area contributed by atoms with Crippen LogP contribution in [0.4, 0.5) is 4.39 Å². The first kappa shape index (κ1) is 17.7. The number of rotatable bonds is 7. The minimum atomic E-state index is -0.175. The Hall–Kier alpha value is -1.67. The summed E-state index contributed by atoms with van der Waals surface area (Å²) in [6.07, 6.45) is 1.11. The summed E-state index contributed by atoms with van der Waals surface area (Å²) in [5.41, 5.74) is 3.89. The normalized spacial score (nSPS) is 14.0. The quantitative estimate of drug-likeness (QED) is 0.700. The largest absolute Gasteiger partial charge is 0.309 e. The summed E-state index contributed by atoms with van der Waals surface area (Å²) in [7, 11) is 0. The van der Waals surface area contributed by atoms with Crippen LogP contribution in [0.3, 0.4) is 0 Å². The Morgan fingerprint density at radius 3 is 2.22 bits per heavy atom. The van der Waals surface area contributed by atoms with Crippen LogP contribution >= 0.6 is 0 Å². The number of benzene rings is 2. The van der Waals surface area contributed by atoms with Crippen LogP contribution in [0.1, 0.15) is 55.8 Å². The predicted octanol–water partition coefficient (Wildman–Crippen LogP) is 5.61. The van der Waals surface area contributed by atoms with Gasteiger partial charge in [0.2, 0.25) is 0 Å². The van der Waals surface area contributed by atoms with Gasteiger partial charge in [-0.2, -0.15) is 0 Å². The molecule has 0 aromatic heterocycles. The molecule has 0 aliphatic carbocycles. The maximum absolute atomic E-state index is 13.1. The molecule has 0 amide bonds. The summed E-state index contributed by atoms with van der Waals surface area (Å²) in [4.78, 5) is 0. The zero-order valence-corrected chi connectivity index (χ0v) is 14.6. The molecule has 0 saturated heterocycles. The van der Waals surface area contributed by atoms with Gasteiger partial charge in [0.1, 0.15) is 5.82 Å². The van der Waals surface area contributed by atoms with Crippen molar-refractivity contribution in [3.05, 3.63) is 71.0 Å². The lowest BCUT2D eigenvalue weighted by atomic mass is 9.93. The van der Waals surface area contributed by atoms with Gasteiger partial charge < -0.3 is 5.32 Å². The number of halogens is 1. The fraction of sp³-hybridized carbons (Fsp3) is 0.429. The Morgan fingerprint density at radius 2 is 1.61 bits per heavy atom. The molecule has 2 aromatic rings. The first-order valence-corrected chi connectivity index (χ1v) is 8.51. The third-order valence-electron chi connectivity index (χ3n) is 4.38. The van der Waals surface area contributed by atoms with E-state index in [0.29, 0.717) is 17.9 Å². The molecule has 0 spiro atoms. The Bertz CT molecular complexity index is 603. The number of nitrogens with one attached hydrogen (secondary N) is 1. The van der Waals surface area contributed by atoms with Gasteiger partial charge in [-0.3, -0.25) is 0 Å². The number of hydrogen-bond donors (Lipinski definition) is 1.